The number of piperazine rings is 1. The minimum atomic E-state index is -0.174. The number of methoxy groups -OCH3 is 1. The van der Waals surface area contributed by atoms with Crippen LogP contribution in [0.3, 0.4) is 0 Å². The minimum absolute atomic E-state index is 0.00978. The lowest BCUT2D eigenvalue weighted by molar-refractivity contribution is -0.143. The molecule has 0 radical (unpaired) electrons. The monoisotopic (exact) mass is 515 g/mol. The SMILES string of the molecule is COc1ccc(-c2ccc(N3CCN(C(=O)CN(C(=O)CC(C)C)[C@H](C)c4ccccc4)CC3)nn2)cc1. The smallest absolute Gasteiger partial charge is 0.242 e. The number of amides is 2. The standard InChI is InChI=1S/C30H37N5O3/c1-22(2)20-29(36)35(23(3)24-8-6-5-7-9-24)21-30(37)34-18-16-33(17-19-34)28-15-14-27(31-32-28)25-10-12-26(38-4)13-11-25/h5-15,22-23H,16-21H2,1-4H3/t23-/m1/s1. The van der Waals surface area contributed by atoms with Crippen molar-refractivity contribution in [3.8, 4) is 17.0 Å². The zero-order chi connectivity index (χ0) is 27.1. The first-order valence-electron chi connectivity index (χ1n) is 13.2. The van der Waals surface area contributed by atoms with Crippen LogP contribution in [0.15, 0.2) is 66.7 Å². The van der Waals surface area contributed by atoms with E-state index in [1.54, 1.807) is 12.0 Å². The van der Waals surface area contributed by atoms with E-state index in [-0.39, 0.29) is 30.3 Å². The zero-order valence-electron chi connectivity index (χ0n) is 22.7. The number of rotatable bonds is 9. The Kier molecular flexibility index (Phi) is 8.94. The number of anilines is 1. The van der Waals surface area contributed by atoms with E-state index in [1.807, 2.05) is 92.4 Å². The van der Waals surface area contributed by atoms with E-state index in [4.69, 9.17) is 4.74 Å². The Balaban J connectivity index is 1.36. The number of hydrogen-bond acceptors (Lipinski definition) is 6. The van der Waals surface area contributed by atoms with Gasteiger partial charge in [-0.1, -0.05) is 44.2 Å². The van der Waals surface area contributed by atoms with E-state index < -0.39 is 0 Å². The van der Waals surface area contributed by atoms with Crippen LogP contribution in [0.1, 0.15) is 38.8 Å². The second-order valence-corrected chi connectivity index (χ2v) is 10.1. The van der Waals surface area contributed by atoms with Gasteiger partial charge in [0.1, 0.15) is 12.3 Å². The molecule has 8 nitrogen and oxygen atoms in total. The van der Waals surface area contributed by atoms with Crippen LogP contribution in [-0.4, -0.2) is 71.6 Å². The fraction of sp³-hybridized carbons (Fsp3) is 0.400. The van der Waals surface area contributed by atoms with Gasteiger partial charge in [-0.3, -0.25) is 9.59 Å². The highest BCUT2D eigenvalue weighted by Gasteiger charge is 2.28. The van der Waals surface area contributed by atoms with Gasteiger partial charge >= 0.3 is 0 Å². The predicted octanol–water partition coefficient (Wildman–Crippen LogP) is 4.44. The van der Waals surface area contributed by atoms with Gasteiger partial charge in [-0.15, -0.1) is 10.2 Å². The molecule has 3 aromatic rings. The molecule has 200 valence electrons. The summed E-state index contributed by atoms with van der Waals surface area (Å²) in [4.78, 5) is 32.1. The summed E-state index contributed by atoms with van der Waals surface area (Å²) in [6.07, 6.45) is 0.420. The van der Waals surface area contributed by atoms with Crippen molar-refractivity contribution in [1.29, 1.82) is 0 Å². The lowest BCUT2D eigenvalue weighted by Gasteiger charge is -2.37. The number of aromatic nitrogens is 2. The first kappa shape index (κ1) is 27.1. The van der Waals surface area contributed by atoms with Crippen LogP contribution in [0.2, 0.25) is 0 Å². The molecule has 0 spiro atoms. The Morgan fingerprint density at radius 1 is 0.895 bits per heavy atom. The number of nitrogens with zero attached hydrogens (tertiary/aromatic N) is 5. The third-order valence-electron chi connectivity index (χ3n) is 6.95. The molecule has 1 saturated heterocycles. The topological polar surface area (TPSA) is 78.9 Å². The molecule has 1 aliphatic rings. The van der Waals surface area contributed by atoms with Crippen molar-refractivity contribution in [1.82, 2.24) is 20.0 Å². The van der Waals surface area contributed by atoms with E-state index in [1.165, 1.54) is 0 Å². The van der Waals surface area contributed by atoms with Crippen molar-refractivity contribution in [2.45, 2.75) is 33.2 Å². The highest BCUT2D eigenvalue weighted by atomic mass is 16.5. The first-order chi connectivity index (χ1) is 18.4. The number of hydrogen-bond donors (Lipinski definition) is 0. The average molecular weight is 516 g/mol. The molecule has 0 saturated carbocycles. The van der Waals surface area contributed by atoms with Gasteiger partial charge in [0.05, 0.1) is 18.8 Å². The summed E-state index contributed by atoms with van der Waals surface area (Å²) in [7, 11) is 1.64. The van der Waals surface area contributed by atoms with Crippen LogP contribution in [0.25, 0.3) is 11.3 Å². The van der Waals surface area contributed by atoms with Gasteiger partial charge in [-0.05, 0) is 54.8 Å². The molecule has 1 aromatic heterocycles. The van der Waals surface area contributed by atoms with Gasteiger partial charge in [0.25, 0.3) is 0 Å². The molecule has 0 aliphatic carbocycles. The Morgan fingerprint density at radius 3 is 2.16 bits per heavy atom. The lowest BCUT2D eigenvalue weighted by atomic mass is 10.0. The van der Waals surface area contributed by atoms with Gasteiger partial charge in [-0.25, -0.2) is 0 Å². The maximum atomic E-state index is 13.3. The Morgan fingerprint density at radius 2 is 1.58 bits per heavy atom. The fourth-order valence-corrected chi connectivity index (χ4v) is 4.66. The summed E-state index contributed by atoms with van der Waals surface area (Å²) in [6, 6.07) is 21.4. The quantitative estimate of drug-likeness (QED) is 0.419. The summed E-state index contributed by atoms with van der Waals surface area (Å²) in [5, 5.41) is 8.84. The van der Waals surface area contributed by atoms with E-state index in [0.29, 0.717) is 32.6 Å². The van der Waals surface area contributed by atoms with E-state index in [0.717, 1.165) is 28.4 Å². The molecule has 1 atom stereocenters. The Bertz CT molecular complexity index is 1190. The molecule has 8 heteroatoms. The Labute approximate surface area is 225 Å². The number of carbonyl (C=O) groups excluding carboxylic acids is 2. The van der Waals surface area contributed by atoms with Crippen LogP contribution >= 0.6 is 0 Å². The Hall–Kier alpha value is -3.94. The van der Waals surface area contributed by atoms with Gasteiger partial charge in [0.15, 0.2) is 5.82 Å². The summed E-state index contributed by atoms with van der Waals surface area (Å²) in [6.45, 7) is 8.60. The van der Waals surface area contributed by atoms with Crippen molar-refractivity contribution >= 4 is 17.6 Å². The van der Waals surface area contributed by atoms with Gasteiger partial charge in [0, 0.05) is 38.2 Å². The van der Waals surface area contributed by atoms with Crippen LogP contribution in [-0.2, 0) is 9.59 Å². The second-order valence-electron chi connectivity index (χ2n) is 10.1. The van der Waals surface area contributed by atoms with Crippen molar-refractivity contribution in [2.24, 2.45) is 5.92 Å². The van der Waals surface area contributed by atoms with Crippen molar-refractivity contribution in [3.63, 3.8) is 0 Å². The van der Waals surface area contributed by atoms with Crippen LogP contribution in [0, 0.1) is 5.92 Å². The van der Waals surface area contributed by atoms with Crippen molar-refractivity contribution < 1.29 is 14.3 Å². The molecule has 2 aromatic carbocycles. The van der Waals surface area contributed by atoms with Crippen LogP contribution < -0.4 is 9.64 Å². The third-order valence-corrected chi connectivity index (χ3v) is 6.95. The van der Waals surface area contributed by atoms with Gasteiger partial charge < -0.3 is 19.4 Å². The maximum absolute atomic E-state index is 13.3. The summed E-state index contributed by atoms with van der Waals surface area (Å²) < 4.78 is 5.22. The first-order valence-corrected chi connectivity index (χ1v) is 13.2. The molecule has 4 rings (SSSR count). The number of carbonyl (C=O) groups is 2. The lowest BCUT2D eigenvalue weighted by Crippen LogP contribution is -2.52. The third kappa shape index (κ3) is 6.68. The van der Waals surface area contributed by atoms with Gasteiger partial charge in [0.2, 0.25) is 11.8 Å². The molecule has 1 fully saturated rings. The van der Waals surface area contributed by atoms with Gasteiger partial charge in [-0.2, -0.15) is 0 Å². The van der Waals surface area contributed by atoms with Crippen LogP contribution in [0.4, 0.5) is 5.82 Å². The number of ether oxygens (including phenoxy) is 1. The molecule has 2 heterocycles. The minimum Gasteiger partial charge on any atom is -0.497 e. The molecule has 0 bridgehead atoms. The molecular formula is C30H37N5O3. The van der Waals surface area contributed by atoms with Crippen LogP contribution in [0.5, 0.6) is 5.75 Å². The maximum Gasteiger partial charge on any atom is 0.242 e. The molecule has 38 heavy (non-hydrogen) atoms. The molecule has 0 unspecified atom stereocenters. The average Bonchev–Trinajstić information content (AvgIpc) is 2.95. The molecular weight excluding hydrogens is 478 g/mol. The number of benzene rings is 2. The van der Waals surface area contributed by atoms with Crippen molar-refractivity contribution in [3.05, 3.63) is 72.3 Å². The summed E-state index contributed by atoms with van der Waals surface area (Å²) in [5.41, 5.74) is 2.80. The van der Waals surface area contributed by atoms with Crippen molar-refractivity contribution in [2.75, 3.05) is 44.7 Å². The normalized spacial score (nSPS) is 14.3. The zero-order valence-corrected chi connectivity index (χ0v) is 22.7. The summed E-state index contributed by atoms with van der Waals surface area (Å²) >= 11 is 0. The molecule has 0 N–H and O–H groups in total. The largest absolute Gasteiger partial charge is 0.497 e. The van der Waals surface area contributed by atoms with E-state index in [9.17, 15) is 9.59 Å². The fourth-order valence-electron chi connectivity index (χ4n) is 4.66. The van der Waals surface area contributed by atoms with E-state index in [2.05, 4.69) is 15.1 Å². The second kappa shape index (κ2) is 12.5. The summed E-state index contributed by atoms with van der Waals surface area (Å²) in [5.74, 6) is 1.80. The van der Waals surface area contributed by atoms with E-state index >= 15 is 0 Å². The highest BCUT2D eigenvalue weighted by molar-refractivity contribution is 5.85. The molecule has 2 amide bonds. The highest BCUT2D eigenvalue weighted by Crippen LogP contribution is 2.24. The molecule has 1 aliphatic heterocycles. The predicted molar refractivity (Wildman–Crippen MR) is 149 cm³/mol.